The van der Waals surface area contributed by atoms with Gasteiger partial charge in [0.1, 0.15) is 0 Å². The Bertz CT molecular complexity index is 1290. The summed E-state index contributed by atoms with van der Waals surface area (Å²) in [7, 11) is 0. The first-order valence-corrected chi connectivity index (χ1v) is 10.7. The van der Waals surface area contributed by atoms with Crippen LogP contribution in [0.15, 0.2) is 47.3 Å². The van der Waals surface area contributed by atoms with Crippen molar-refractivity contribution in [3.8, 4) is 0 Å². The van der Waals surface area contributed by atoms with Crippen molar-refractivity contribution in [2.45, 2.75) is 26.3 Å². The second kappa shape index (κ2) is 8.26. The average Bonchev–Trinajstić information content (AvgIpc) is 3.14. The standard InChI is InChI=1S/C21H20N4O2S2/c1-2-25-20(27)14-10-9-13(12-16(14)24-21(25)28)19(26)22-11-5-8-18-23-15-6-3-4-7-17(15)29-18/h3-4,6-7,9-10,12H,2,5,8,11H2,1H3,(H,22,26)(H,24,28). The number of thiazole rings is 1. The molecule has 0 aliphatic heterocycles. The minimum absolute atomic E-state index is 0.144. The molecule has 2 aromatic carbocycles. The molecule has 0 aliphatic rings. The van der Waals surface area contributed by atoms with Crippen molar-refractivity contribution in [1.29, 1.82) is 0 Å². The van der Waals surface area contributed by atoms with E-state index >= 15 is 0 Å². The summed E-state index contributed by atoms with van der Waals surface area (Å²) in [4.78, 5) is 32.6. The van der Waals surface area contributed by atoms with Crippen LogP contribution in [0.3, 0.4) is 0 Å². The summed E-state index contributed by atoms with van der Waals surface area (Å²) in [5.41, 5.74) is 1.95. The van der Waals surface area contributed by atoms with Crippen LogP contribution in [0.5, 0.6) is 0 Å². The molecule has 6 nitrogen and oxygen atoms in total. The number of carbonyl (C=O) groups is 1. The minimum Gasteiger partial charge on any atom is -0.352 e. The number of aryl methyl sites for hydroxylation is 1. The van der Waals surface area contributed by atoms with Crippen LogP contribution in [0.4, 0.5) is 0 Å². The van der Waals surface area contributed by atoms with Crippen molar-refractivity contribution in [1.82, 2.24) is 19.9 Å². The van der Waals surface area contributed by atoms with Gasteiger partial charge in [-0.05, 0) is 55.9 Å². The summed E-state index contributed by atoms with van der Waals surface area (Å²) >= 11 is 6.92. The second-order valence-corrected chi connectivity index (χ2v) is 8.18. The van der Waals surface area contributed by atoms with Gasteiger partial charge in [-0.15, -0.1) is 11.3 Å². The van der Waals surface area contributed by atoms with E-state index in [4.69, 9.17) is 12.2 Å². The number of aromatic amines is 1. The quantitative estimate of drug-likeness (QED) is 0.361. The van der Waals surface area contributed by atoms with E-state index in [1.807, 2.05) is 25.1 Å². The van der Waals surface area contributed by atoms with Gasteiger partial charge in [-0.2, -0.15) is 0 Å². The van der Waals surface area contributed by atoms with E-state index < -0.39 is 0 Å². The molecule has 8 heteroatoms. The molecule has 0 radical (unpaired) electrons. The first-order chi connectivity index (χ1) is 14.1. The molecule has 0 aliphatic carbocycles. The number of nitrogens with one attached hydrogen (secondary N) is 2. The molecule has 0 spiro atoms. The summed E-state index contributed by atoms with van der Waals surface area (Å²) in [6, 6.07) is 13.1. The number of fused-ring (bicyclic) bond motifs is 2. The smallest absolute Gasteiger partial charge is 0.262 e. The minimum atomic E-state index is -0.171. The van der Waals surface area contributed by atoms with E-state index in [0.29, 0.717) is 34.3 Å². The van der Waals surface area contributed by atoms with Crippen LogP contribution in [-0.4, -0.2) is 27.0 Å². The maximum absolute atomic E-state index is 12.5. The van der Waals surface area contributed by atoms with Crippen molar-refractivity contribution in [3.05, 3.63) is 68.2 Å². The Balaban J connectivity index is 1.41. The molecule has 2 aromatic heterocycles. The number of amides is 1. The zero-order valence-electron chi connectivity index (χ0n) is 15.9. The lowest BCUT2D eigenvalue weighted by Crippen LogP contribution is -2.25. The highest BCUT2D eigenvalue weighted by atomic mass is 32.1. The summed E-state index contributed by atoms with van der Waals surface area (Å²) in [5, 5.41) is 4.53. The number of H-pyrrole nitrogens is 1. The lowest BCUT2D eigenvalue weighted by atomic mass is 10.1. The Labute approximate surface area is 176 Å². The van der Waals surface area contributed by atoms with Gasteiger partial charge >= 0.3 is 0 Å². The molecular formula is C21H20N4O2S2. The van der Waals surface area contributed by atoms with E-state index in [9.17, 15) is 9.59 Å². The fourth-order valence-corrected chi connectivity index (χ4v) is 4.58. The number of hydrogen-bond donors (Lipinski definition) is 2. The monoisotopic (exact) mass is 424 g/mol. The third-order valence-corrected chi connectivity index (χ3v) is 6.17. The van der Waals surface area contributed by atoms with Crippen LogP contribution in [-0.2, 0) is 13.0 Å². The zero-order chi connectivity index (χ0) is 20.4. The Hall–Kier alpha value is -2.84. The van der Waals surface area contributed by atoms with Crippen LogP contribution < -0.4 is 10.9 Å². The van der Waals surface area contributed by atoms with Gasteiger partial charge in [0.25, 0.3) is 11.5 Å². The summed E-state index contributed by atoms with van der Waals surface area (Å²) < 4.78 is 3.04. The SMILES string of the molecule is CCn1c(=S)[nH]c2cc(C(=O)NCCCc3nc4ccccc4s3)ccc2c1=O. The van der Waals surface area contributed by atoms with Crippen LogP contribution in [0.25, 0.3) is 21.1 Å². The van der Waals surface area contributed by atoms with Gasteiger partial charge in [-0.3, -0.25) is 14.2 Å². The molecular weight excluding hydrogens is 404 g/mol. The van der Waals surface area contributed by atoms with Crippen molar-refractivity contribution in [2.75, 3.05) is 6.54 Å². The molecule has 0 saturated carbocycles. The van der Waals surface area contributed by atoms with Gasteiger partial charge < -0.3 is 10.3 Å². The molecule has 0 saturated heterocycles. The average molecular weight is 425 g/mol. The molecule has 4 rings (SSSR count). The van der Waals surface area contributed by atoms with Gasteiger partial charge in [-0.1, -0.05) is 12.1 Å². The number of benzene rings is 2. The van der Waals surface area contributed by atoms with Crippen LogP contribution >= 0.6 is 23.6 Å². The van der Waals surface area contributed by atoms with E-state index in [1.165, 1.54) is 9.27 Å². The van der Waals surface area contributed by atoms with Gasteiger partial charge in [0.05, 0.1) is 26.1 Å². The summed E-state index contributed by atoms with van der Waals surface area (Å²) in [6.45, 7) is 2.92. The molecule has 0 unspecified atom stereocenters. The molecule has 2 N–H and O–H groups in total. The normalized spacial score (nSPS) is 11.2. The van der Waals surface area contributed by atoms with E-state index in [2.05, 4.69) is 21.4 Å². The predicted octanol–water partition coefficient (Wildman–Crippen LogP) is 4.05. The number of nitrogens with zero attached hydrogens (tertiary/aromatic N) is 2. The second-order valence-electron chi connectivity index (χ2n) is 6.67. The summed E-state index contributed by atoms with van der Waals surface area (Å²) in [6.07, 6.45) is 1.63. The van der Waals surface area contributed by atoms with Crippen molar-refractivity contribution < 1.29 is 4.79 Å². The highest BCUT2D eigenvalue weighted by Gasteiger charge is 2.10. The molecule has 0 bridgehead atoms. The number of rotatable bonds is 6. The first-order valence-electron chi connectivity index (χ1n) is 9.46. The van der Waals surface area contributed by atoms with Gasteiger partial charge in [0.2, 0.25) is 0 Å². The maximum Gasteiger partial charge on any atom is 0.262 e. The Kier molecular flexibility index (Phi) is 5.55. The van der Waals surface area contributed by atoms with Gasteiger partial charge in [0, 0.05) is 25.1 Å². The zero-order valence-corrected chi connectivity index (χ0v) is 17.5. The van der Waals surface area contributed by atoms with Crippen LogP contribution in [0.2, 0.25) is 0 Å². The highest BCUT2D eigenvalue weighted by Crippen LogP contribution is 2.22. The lowest BCUT2D eigenvalue weighted by molar-refractivity contribution is 0.0953. The lowest BCUT2D eigenvalue weighted by Gasteiger charge is -2.08. The van der Waals surface area contributed by atoms with Crippen molar-refractivity contribution in [3.63, 3.8) is 0 Å². The number of para-hydroxylation sites is 1. The van der Waals surface area contributed by atoms with Crippen LogP contribution in [0.1, 0.15) is 28.7 Å². The van der Waals surface area contributed by atoms with Gasteiger partial charge in [0.15, 0.2) is 4.77 Å². The molecule has 0 atom stereocenters. The van der Waals surface area contributed by atoms with E-state index in [-0.39, 0.29) is 11.5 Å². The third kappa shape index (κ3) is 3.99. The number of hydrogen-bond acceptors (Lipinski definition) is 5. The molecule has 1 amide bonds. The van der Waals surface area contributed by atoms with Crippen molar-refractivity contribution in [2.24, 2.45) is 0 Å². The van der Waals surface area contributed by atoms with E-state index in [1.54, 1.807) is 29.5 Å². The van der Waals surface area contributed by atoms with Gasteiger partial charge in [-0.25, -0.2) is 4.98 Å². The topological polar surface area (TPSA) is 79.8 Å². The van der Waals surface area contributed by atoms with E-state index in [0.717, 1.165) is 23.4 Å². The maximum atomic E-state index is 12.5. The number of carbonyl (C=O) groups excluding carboxylic acids is 1. The Morgan fingerprint density at radius 3 is 2.90 bits per heavy atom. The fourth-order valence-electron chi connectivity index (χ4n) is 3.25. The largest absolute Gasteiger partial charge is 0.352 e. The molecule has 29 heavy (non-hydrogen) atoms. The Morgan fingerprint density at radius 1 is 1.28 bits per heavy atom. The summed E-state index contributed by atoms with van der Waals surface area (Å²) in [5.74, 6) is -0.171. The highest BCUT2D eigenvalue weighted by molar-refractivity contribution is 7.71. The Morgan fingerprint density at radius 2 is 2.10 bits per heavy atom. The first kappa shape index (κ1) is 19.5. The molecule has 148 valence electrons. The van der Waals surface area contributed by atoms with Crippen molar-refractivity contribution >= 4 is 50.6 Å². The number of aromatic nitrogens is 3. The predicted molar refractivity (Wildman–Crippen MR) is 119 cm³/mol. The molecule has 2 heterocycles. The molecule has 0 fully saturated rings. The third-order valence-electron chi connectivity index (χ3n) is 4.75. The van der Waals surface area contributed by atoms with Crippen LogP contribution in [0, 0.1) is 4.77 Å². The molecule has 4 aromatic rings. The fraction of sp³-hybridized carbons (Fsp3) is 0.238.